The van der Waals surface area contributed by atoms with Gasteiger partial charge in [0, 0.05) is 13.1 Å². The molecule has 0 aliphatic carbocycles. The van der Waals surface area contributed by atoms with Crippen molar-refractivity contribution < 1.29 is 18.0 Å². The van der Waals surface area contributed by atoms with Crippen LogP contribution in [-0.2, 0) is 26.2 Å². The minimum atomic E-state index is -4.09. The zero-order valence-electron chi connectivity index (χ0n) is 24.6. The van der Waals surface area contributed by atoms with E-state index in [9.17, 15) is 18.0 Å². The second-order valence-electron chi connectivity index (χ2n) is 11.0. The number of aryl methyl sites for hydroxylation is 4. The van der Waals surface area contributed by atoms with Gasteiger partial charge in [0.15, 0.2) is 0 Å². The average Bonchev–Trinajstić information content (AvgIpc) is 2.89. The van der Waals surface area contributed by atoms with Gasteiger partial charge in [0.1, 0.15) is 12.6 Å². The molecule has 1 atom stereocenters. The first-order valence-corrected chi connectivity index (χ1v) is 15.0. The van der Waals surface area contributed by atoms with Crippen LogP contribution in [0.5, 0.6) is 0 Å². The van der Waals surface area contributed by atoms with Gasteiger partial charge in [-0.15, -0.1) is 0 Å². The molecule has 0 heterocycles. The molecule has 0 aliphatic rings. The van der Waals surface area contributed by atoms with E-state index in [0.29, 0.717) is 12.2 Å². The van der Waals surface area contributed by atoms with Gasteiger partial charge in [-0.1, -0.05) is 67.4 Å². The van der Waals surface area contributed by atoms with E-state index >= 15 is 0 Å². The molecular formula is C32H41N3O4S. The average molecular weight is 564 g/mol. The second-order valence-corrected chi connectivity index (χ2v) is 12.9. The van der Waals surface area contributed by atoms with Crippen LogP contribution in [0.1, 0.15) is 48.6 Å². The first-order chi connectivity index (χ1) is 18.8. The molecule has 7 nitrogen and oxygen atoms in total. The van der Waals surface area contributed by atoms with Crippen molar-refractivity contribution in [3.63, 3.8) is 0 Å². The zero-order valence-corrected chi connectivity index (χ0v) is 25.4. The van der Waals surface area contributed by atoms with Crippen LogP contribution in [0.15, 0.2) is 71.6 Å². The molecule has 0 aliphatic heterocycles. The van der Waals surface area contributed by atoms with Gasteiger partial charge in [-0.3, -0.25) is 13.9 Å². The lowest BCUT2D eigenvalue weighted by atomic mass is 10.1. The maximum atomic E-state index is 14.0. The molecule has 1 N–H and O–H groups in total. The number of anilines is 1. The number of hydrogen-bond donors (Lipinski definition) is 1. The lowest BCUT2D eigenvalue weighted by Gasteiger charge is -2.32. The maximum absolute atomic E-state index is 14.0. The van der Waals surface area contributed by atoms with Crippen LogP contribution in [0.3, 0.4) is 0 Å². The Hall–Kier alpha value is -3.65. The fourth-order valence-electron chi connectivity index (χ4n) is 4.39. The Morgan fingerprint density at radius 2 is 1.30 bits per heavy atom. The summed E-state index contributed by atoms with van der Waals surface area (Å²) in [5.41, 5.74) is 5.02. The van der Waals surface area contributed by atoms with Crippen molar-refractivity contribution in [2.45, 2.75) is 65.9 Å². The summed E-state index contributed by atoms with van der Waals surface area (Å²) in [5.74, 6) is -0.506. The molecule has 0 aromatic heterocycles. The Kier molecular flexibility index (Phi) is 10.1. The van der Waals surface area contributed by atoms with Gasteiger partial charge in [0.2, 0.25) is 11.8 Å². The number of hydrogen-bond acceptors (Lipinski definition) is 4. The lowest BCUT2D eigenvalue weighted by molar-refractivity contribution is -0.139. The third kappa shape index (κ3) is 7.94. The highest BCUT2D eigenvalue weighted by molar-refractivity contribution is 7.92. The van der Waals surface area contributed by atoms with Crippen LogP contribution < -0.4 is 9.62 Å². The number of carbonyl (C=O) groups excluding carboxylic acids is 2. The van der Waals surface area contributed by atoms with E-state index in [1.807, 2.05) is 71.9 Å². The predicted molar refractivity (Wildman–Crippen MR) is 161 cm³/mol. The molecule has 2 amide bonds. The number of sulfonamides is 1. The molecule has 0 saturated carbocycles. The topological polar surface area (TPSA) is 86.8 Å². The summed E-state index contributed by atoms with van der Waals surface area (Å²) in [6.07, 6.45) is 0. The predicted octanol–water partition coefficient (Wildman–Crippen LogP) is 5.31. The summed E-state index contributed by atoms with van der Waals surface area (Å²) < 4.78 is 29.1. The molecule has 0 fully saturated rings. The molecule has 214 valence electrons. The number of amides is 2. The van der Waals surface area contributed by atoms with Gasteiger partial charge in [0.25, 0.3) is 10.0 Å². The van der Waals surface area contributed by atoms with Crippen LogP contribution >= 0.6 is 0 Å². The highest BCUT2D eigenvalue weighted by Crippen LogP contribution is 2.27. The van der Waals surface area contributed by atoms with Gasteiger partial charge in [-0.2, -0.15) is 0 Å². The second kappa shape index (κ2) is 13.1. The van der Waals surface area contributed by atoms with E-state index in [2.05, 4.69) is 5.32 Å². The highest BCUT2D eigenvalue weighted by Gasteiger charge is 2.32. The van der Waals surface area contributed by atoms with Gasteiger partial charge in [-0.25, -0.2) is 8.42 Å². The molecule has 3 aromatic carbocycles. The van der Waals surface area contributed by atoms with E-state index in [4.69, 9.17) is 0 Å². The monoisotopic (exact) mass is 563 g/mol. The number of benzene rings is 3. The molecule has 0 spiro atoms. The number of nitrogens with one attached hydrogen (secondary N) is 1. The standard InChI is InChI=1S/C32H41N3O4S/c1-22(2)19-33-32(37)27(7)34(20-28-12-8-23(3)9-13-28)31(36)21-35(29-17-25(5)16-26(6)18-29)40(38,39)30-14-10-24(4)11-15-30/h8-18,22,27H,19-21H2,1-7H3,(H,33,37)/t27-/m0/s1. The number of rotatable bonds is 11. The Morgan fingerprint density at radius 1 is 0.775 bits per heavy atom. The Balaban J connectivity index is 2.04. The van der Waals surface area contributed by atoms with Crippen LogP contribution in [0.2, 0.25) is 0 Å². The molecule has 0 bridgehead atoms. The third-order valence-electron chi connectivity index (χ3n) is 6.71. The van der Waals surface area contributed by atoms with E-state index in [1.54, 1.807) is 43.3 Å². The van der Waals surface area contributed by atoms with Crippen LogP contribution in [0, 0.1) is 33.6 Å². The van der Waals surface area contributed by atoms with E-state index in [1.165, 1.54) is 4.90 Å². The first kappa shape index (κ1) is 30.9. The highest BCUT2D eigenvalue weighted by atomic mass is 32.2. The summed E-state index contributed by atoms with van der Waals surface area (Å²) in [4.78, 5) is 28.7. The number of nitrogens with zero attached hydrogens (tertiary/aromatic N) is 2. The zero-order chi connectivity index (χ0) is 29.6. The van der Waals surface area contributed by atoms with E-state index < -0.39 is 28.5 Å². The largest absolute Gasteiger partial charge is 0.354 e. The molecular weight excluding hydrogens is 522 g/mol. The normalized spacial score (nSPS) is 12.2. The summed E-state index contributed by atoms with van der Waals surface area (Å²) in [6.45, 7) is 13.5. The third-order valence-corrected chi connectivity index (χ3v) is 8.50. The van der Waals surface area contributed by atoms with Crippen LogP contribution in [-0.4, -0.2) is 44.3 Å². The molecule has 40 heavy (non-hydrogen) atoms. The van der Waals surface area contributed by atoms with Crippen molar-refractivity contribution in [1.29, 1.82) is 0 Å². The summed E-state index contributed by atoms with van der Waals surface area (Å²) in [7, 11) is -4.09. The lowest BCUT2D eigenvalue weighted by Crippen LogP contribution is -2.51. The van der Waals surface area contributed by atoms with E-state index in [0.717, 1.165) is 32.1 Å². The van der Waals surface area contributed by atoms with Crippen molar-refractivity contribution in [3.05, 3.63) is 94.5 Å². The van der Waals surface area contributed by atoms with Gasteiger partial charge in [0.05, 0.1) is 10.6 Å². The number of carbonyl (C=O) groups is 2. The quantitative estimate of drug-likeness (QED) is 0.343. The Bertz CT molecular complexity index is 1410. The summed E-state index contributed by atoms with van der Waals surface area (Å²) >= 11 is 0. The molecule has 3 rings (SSSR count). The van der Waals surface area contributed by atoms with Gasteiger partial charge in [-0.05, 0) is 81.5 Å². The summed E-state index contributed by atoms with van der Waals surface area (Å²) in [5, 5.41) is 2.91. The molecule has 8 heteroatoms. The molecule has 0 unspecified atom stereocenters. The van der Waals surface area contributed by atoms with Gasteiger partial charge < -0.3 is 10.2 Å². The molecule has 0 saturated heterocycles. The van der Waals surface area contributed by atoms with Crippen molar-refractivity contribution in [3.8, 4) is 0 Å². The molecule has 0 radical (unpaired) electrons. The SMILES string of the molecule is Cc1ccc(CN(C(=O)CN(c2cc(C)cc(C)c2)S(=O)(=O)c2ccc(C)cc2)[C@@H](C)C(=O)NCC(C)C)cc1. The van der Waals surface area contributed by atoms with Crippen molar-refractivity contribution in [2.75, 3.05) is 17.4 Å². The van der Waals surface area contributed by atoms with Crippen LogP contribution in [0.4, 0.5) is 5.69 Å². The maximum Gasteiger partial charge on any atom is 0.264 e. The minimum absolute atomic E-state index is 0.0952. The van der Waals surface area contributed by atoms with Crippen LogP contribution in [0.25, 0.3) is 0 Å². The van der Waals surface area contributed by atoms with E-state index in [-0.39, 0.29) is 23.3 Å². The Labute approximate surface area is 239 Å². The fraction of sp³-hybridized carbons (Fsp3) is 0.375. The first-order valence-electron chi connectivity index (χ1n) is 13.6. The van der Waals surface area contributed by atoms with Crippen molar-refractivity contribution in [2.24, 2.45) is 5.92 Å². The molecule has 3 aromatic rings. The Morgan fingerprint density at radius 3 is 1.82 bits per heavy atom. The van der Waals surface area contributed by atoms with Gasteiger partial charge >= 0.3 is 0 Å². The fourth-order valence-corrected chi connectivity index (χ4v) is 5.78. The van der Waals surface area contributed by atoms with Crippen molar-refractivity contribution >= 4 is 27.5 Å². The minimum Gasteiger partial charge on any atom is -0.354 e. The summed E-state index contributed by atoms with van der Waals surface area (Å²) in [6, 6.07) is 19.0. The smallest absolute Gasteiger partial charge is 0.264 e. The van der Waals surface area contributed by atoms with Crippen molar-refractivity contribution in [1.82, 2.24) is 10.2 Å².